The van der Waals surface area contributed by atoms with Crippen molar-refractivity contribution in [3.63, 3.8) is 0 Å². The van der Waals surface area contributed by atoms with E-state index >= 15 is 0 Å². The van der Waals surface area contributed by atoms with E-state index in [-0.39, 0.29) is 29.8 Å². The summed E-state index contributed by atoms with van der Waals surface area (Å²) in [5.74, 6) is 0.374. The van der Waals surface area contributed by atoms with Crippen LogP contribution in [0.3, 0.4) is 0 Å². The number of pyridine rings is 1. The molecule has 0 saturated heterocycles. The first-order chi connectivity index (χ1) is 14.9. The summed E-state index contributed by atoms with van der Waals surface area (Å²) in [7, 11) is 0. The summed E-state index contributed by atoms with van der Waals surface area (Å²) in [6, 6.07) is 5.28. The summed E-state index contributed by atoms with van der Waals surface area (Å²) < 4.78 is 48.7. The smallest absolute Gasteiger partial charge is 0.422 e. The van der Waals surface area contributed by atoms with Crippen LogP contribution in [0, 0.1) is 6.92 Å². The number of halogens is 3. The van der Waals surface area contributed by atoms with Gasteiger partial charge in [0.2, 0.25) is 0 Å². The first kappa shape index (κ1) is 22.3. The summed E-state index contributed by atoms with van der Waals surface area (Å²) in [4.78, 5) is 4.72. The molecule has 2 heterocycles. The number of alkyl halides is 3. The number of nitrogens with one attached hydrogen (secondary N) is 1. The summed E-state index contributed by atoms with van der Waals surface area (Å²) in [5.41, 5.74) is 2.25. The van der Waals surface area contributed by atoms with Crippen LogP contribution in [0.1, 0.15) is 44.7 Å². The molecule has 7 nitrogen and oxygen atoms in total. The van der Waals surface area contributed by atoms with Gasteiger partial charge in [0, 0.05) is 11.4 Å². The Kier molecular flexibility index (Phi) is 5.52. The van der Waals surface area contributed by atoms with Crippen LogP contribution < -0.4 is 10.1 Å². The number of aliphatic hydroxyl groups excluding tert-OH is 1. The summed E-state index contributed by atoms with van der Waals surface area (Å²) >= 11 is 0. The number of rotatable bonds is 5. The van der Waals surface area contributed by atoms with E-state index < -0.39 is 18.2 Å². The van der Waals surface area contributed by atoms with E-state index in [0.717, 1.165) is 11.1 Å². The van der Waals surface area contributed by atoms with E-state index in [1.165, 1.54) is 0 Å². The normalized spacial score (nSPS) is 19.1. The van der Waals surface area contributed by atoms with Gasteiger partial charge in [-0.2, -0.15) is 13.2 Å². The SMILES string of the molecule is Cc1cc(-c2nnc(N[C@H]3C[C@H](O)C3)o2)nc2c(C(C)(C)C)cc(OCC(F)(F)F)cc12. The lowest BCUT2D eigenvalue weighted by molar-refractivity contribution is -0.153. The Hall–Kier alpha value is -2.88. The Morgan fingerprint density at radius 1 is 1.16 bits per heavy atom. The van der Waals surface area contributed by atoms with Gasteiger partial charge in [-0.3, -0.25) is 0 Å². The van der Waals surface area contributed by atoms with E-state index in [4.69, 9.17) is 14.1 Å². The molecule has 172 valence electrons. The molecule has 1 aliphatic rings. The van der Waals surface area contributed by atoms with Gasteiger partial charge in [-0.25, -0.2) is 4.98 Å². The molecule has 3 aromatic rings. The number of hydrogen-bond acceptors (Lipinski definition) is 7. The molecule has 0 unspecified atom stereocenters. The lowest BCUT2D eigenvalue weighted by atomic mass is 9.84. The molecule has 32 heavy (non-hydrogen) atoms. The molecule has 10 heteroatoms. The lowest BCUT2D eigenvalue weighted by Gasteiger charge is -2.30. The predicted octanol–water partition coefficient (Wildman–Crippen LogP) is 4.77. The van der Waals surface area contributed by atoms with Crippen molar-refractivity contribution in [2.75, 3.05) is 11.9 Å². The number of fused-ring (bicyclic) bond motifs is 1. The van der Waals surface area contributed by atoms with E-state index in [1.807, 2.05) is 27.7 Å². The van der Waals surface area contributed by atoms with Crippen molar-refractivity contribution in [2.45, 2.75) is 64.3 Å². The van der Waals surface area contributed by atoms with Gasteiger partial charge in [-0.1, -0.05) is 25.9 Å². The highest BCUT2D eigenvalue weighted by Gasteiger charge is 2.30. The molecule has 0 aliphatic heterocycles. The largest absolute Gasteiger partial charge is 0.484 e. The monoisotopic (exact) mass is 450 g/mol. The number of hydrogen-bond donors (Lipinski definition) is 2. The summed E-state index contributed by atoms with van der Waals surface area (Å²) in [6.45, 7) is 6.36. The lowest BCUT2D eigenvalue weighted by Crippen LogP contribution is -2.39. The zero-order valence-electron chi connectivity index (χ0n) is 18.2. The van der Waals surface area contributed by atoms with Gasteiger partial charge in [0.25, 0.3) is 5.89 Å². The minimum atomic E-state index is -4.42. The van der Waals surface area contributed by atoms with Gasteiger partial charge in [-0.15, -0.1) is 5.10 Å². The zero-order valence-corrected chi connectivity index (χ0v) is 18.2. The second-order valence-electron chi connectivity index (χ2n) is 9.22. The van der Waals surface area contributed by atoms with Crippen molar-refractivity contribution >= 4 is 16.9 Å². The fourth-order valence-corrected chi connectivity index (χ4v) is 3.66. The van der Waals surface area contributed by atoms with Crippen LogP contribution in [0.5, 0.6) is 5.75 Å². The maximum Gasteiger partial charge on any atom is 0.422 e. The third-order valence-corrected chi connectivity index (χ3v) is 5.39. The number of benzene rings is 1. The van der Waals surface area contributed by atoms with Crippen molar-refractivity contribution in [2.24, 2.45) is 0 Å². The molecule has 0 spiro atoms. The molecule has 1 aliphatic carbocycles. The maximum absolute atomic E-state index is 12.7. The maximum atomic E-state index is 12.7. The number of nitrogens with zero attached hydrogens (tertiary/aromatic N) is 3. The molecule has 1 aromatic carbocycles. The van der Waals surface area contributed by atoms with Gasteiger partial charge in [0.15, 0.2) is 6.61 Å². The molecule has 1 saturated carbocycles. The van der Waals surface area contributed by atoms with Crippen LogP contribution in [0.2, 0.25) is 0 Å². The van der Waals surface area contributed by atoms with Crippen LogP contribution in [0.4, 0.5) is 19.2 Å². The second kappa shape index (κ2) is 7.91. The average Bonchev–Trinajstić information content (AvgIpc) is 3.12. The fourth-order valence-electron chi connectivity index (χ4n) is 3.66. The number of ether oxygens (including phenoxy) is 1. The Balaban J connectivity index is 1.71. The average molecular weight is 450 g/mol. The van der Waals surface area contributed by atoms with Crippen molar-refractivity contribution in [1.29, 1.82) is 0 Å². The van der Waals surface area contributed by atoms with Crippen molar-refractivity contribution in [3.05, 3.63) is 29.3 Å². The van der Waals surface area contributed by atoms with Crippen LogP contribution in [0.15, 0.2) is 22.6 Å². The number of anilines is 1. The predicted molar refractivity (Wildman–Crippen MR) is 113 cm³/mol. The topological polar surface area (TPSA) is 93.3 Å². The molecular formula is C22H25F3N4O3. The Morgan fingerprint density at radius 2 is 1.88 bits per heavy atom. The van der Waals surface area contributed by atoms with Crippen molar-refractivity contribution in [3.8, 4) is 17.3 Å². The van der Waals surface area contributed by atoms with Gasteiger partial charge < -0.3 is 19.6 Å². The first-order valence-electron chi connectivity index (χ1n) is 10.3. The van der Waals surface area contributed by atoms with Crippen LogP contribution in [0.25, 0.3) is 22.5 Å². The number of aliphatic hydroxyl groups is 1. The Bertz CT molecular complexity index is 1130. The molecule has 0 amide bonds. The van der Waals surface area contributed by atoms with Crippen LogP contribution in [-0.2, 0) is 5.41 Å². The molecule has 2 aromatic heterocycles. The van der Waals surface area contributed by atoms with Crippen molar-refractivity contribution in [1.82, 2.24) is 15.2 Å². The molecule has 0 bridgehead atoms. The molecule has 1 fully saturated rings. The van der Waals surface area contributed by atoms with Gasteiger partial charge in [0.1, 0.15) is 11.4 Å². The number of aromatic nitrogens is 3. The fraction of sp³-hybridized carbons (Fsp3) is 0.500. The standard InChI is InChI=1S/C22H25F3N4O3/c1-11-5-17(19-28-29-20(32-19)26-12-6-13(30)7-12)27-18-15(11)8-14(31-10-22(23,24)25)9-16(18)21(2,3)4/h5,8-9,12-13,30H,6-7,10H2,1-4H3,(H,26,29)/t12-,13-. The quantitative estimate of drug-likeness (QED) is 0.579. The summed E-state index contributed by atoms with van der Waals surface area (Å²) in [5, 5.41) is 21.3. The highest BCUT2D eigenvalue weighted by molar-refractivity contribution is 5.89. The van der Waals surface area contributed by atoms with E-state index in [2.05, 4.69) is 15.5 Å². The molecule has 4 rings (SSSR count). The minimum Gasteiger partial charge on any atom is -0.484 e. The van der Waals surface area contributed by atoms with E-state index in [1.54, 1.807) is 18.2 Å². The highest BCUT2D eigenvalue weighted by Crippen LogP contribution is 2.36. The van der Waals surface area contributed by atoms with Gasteiger partial charge in [0.05, 0.1) is 11.6 Å². The van der Waals surface area contributed by atoms with Gasteiger partial charge >= 0.3 is 12.2 Å². The highest BCUT2D eigenvalue weighted by atomic mass is 19.4. The van der Waals surface area contributed by atoms with Crippen LogP contribution >= 0.6 is 0 Å². The third-order valence-electron chi connectivity index (χ3n) is 5.39. The van der Waals surface area contributed by atoms with Crippen LogP contribution in [-0.4, -0.2) is 45.2 Å². The molecular weight excluding hydrogens is 425 g/mol. The summed E-state index contributed by atoms with van der Waals surface area (Å²) in [6.07, 6.45) is -3.48. The molecule has 2 N–H and O–H groups in total. The van der Waals surface area contributed by atoms with E-state index in [0.29, 0.717) is 29.4 Å². The third kappa shape index (κ3) is 4.79. The first-order valence-corrected chi connectivity index (χ1v) is 10.3. The van der Waals surface area contributed by atoms with Crippen molar-refractivity contribution < 1.29 is 27.4 Å². The minimum absolute atomic E-state index is 0.0900. The molecule has 0 radical (unpaired) electrons. The Labute approximate surface area is 183 Å². The second-order valence-corrected chi connectivity index (χ2v) is 9.22. The zero-order chi connectivity index (χ0) is 23.3. The Morgan fingerprint density at radius 3 is 2.50 bits per heavy atom. The number of aryl methyl sites for hydroxylation is 1. The van der Waals surface area contributed by atoms with Gasteiger partial charge in [-0.05, 0) is 54.5 Å². The molecule has 0 atom stereocenters. The van der Waals surface area contributed by atoms with E-state index in [9.17, 15) is 18.3 Å².